The summed E-state index contributed by atoms with van der Waals surface area (Å²) in [6.07, 6.45) is -0.207. The van der Waals surface area contributed by atoms with Crippen molar-refractivity contribution < 1.29 is 19.0 Å². The first-order valence-electron chi connectivity index (χ1n) is 5.32. The van der Waals surface area contributed by atoms with E-state index in [1.807, 2.05) is 0 Å². The largest absolute Gasteiger partial charge is 0.489 e. The smallest absolute Gasteiger partial charge is 0.310 e. The number of halogens is 3. The number of carboxylic acid groups (broad SMARTS) is 1. The first-order chi connectivity index (χ1) is 8.25. The first kappa shape index (κ1) is 15.2. The fraction of sp³-hybridized carbons (Fsp3) is 0.417. The fourth-order valence-corrected chi connectivity index (χ4v) is 2.27. The van der Waals surface area contributed by atoms with E-state index in [2.05, 4.69) is 15.9 Å². The van der Waals surface area contributed by atoms with Gasteiger partial charge in [-0.25, -0.2) is 4.39 Å². The van der Waals surface area contributed by atoms with Gasteiger partial charge in [-0.05, 0) is 42.8 Å². The predicted octanol–water partition coefficient (Wildman–Crippen LogP) is 4.22. The average molecular weight is 340 g/mol. The molecule has 0 aliphatic rings. The summed E-state index contributed by atoms with van der Waals surface area (Å²) in [4.78, 5) is 11.0. The van der Waals surface area contributed by atoms with Crippen molar-refractivity contribution in [2.24, 2.45) is 0 Å². The molecule has 100 valence electrons. The quantitative estimate of drug-likeness (QED) is 0.836. The van der Waals surface area contributed by atoms with Crippen molar-refractivity contribution in [3.8, 4) is 5.75 Å². The summed E-state index contributed by atoms with van der Waals surface area (Å²) in [7, 11) is 0. The van der Waals surface area contributed by atoms with Gasteiger partial charge in [-0.2, -0.15) is 0 Å². The lowest BCUT2D eigenvalue weighted by molar-refractivity contribution is -0.138. The number of hydrogen-bond acceptors (Lipinski definition) is 2. The molecule has 0 spiro atoms. The van der Waals surface area contributed by atoms with Gasteiger partial charge in [-0.1, -0.05) is 11.6 Å². The van der Waals surface area contributed by atoms with Crippen LogP contribution in [0.15, 0.2) is 10.5 Å². The molecule has 0 heterocycles. The summed E-state index contributed by atoms with van der Waals surface area (Å²) < 4.78 is 19.2. The number of carbonyl (C=O) groups is 1. The molecule has 0 aliphatic carbocycles. The number of aliphatic carboxylic acids is 1. The van der Waals surface area contributed by atoms with Gasteiger partial charge in [0.1, 0.15) is 5.75 Å². The molecule has 6 heteroatoms. The zero-order valence-electron chi connectivity index (χ0n) is 10.1. The Kier molecular flexibility index (Phi) is 4.99. The van der Waals surface area contributed by atoms with Crippen molar-refractivity contribution in [2.75, 3.05) is 0 Å². The van der Waals surface area contributed by atoms with E-state index >= 15 is 0 Å². The highest BCUT2D eigenvalue weighted by Crippen LogP contribution is 2.40. The molecule has 1 N–H and O–H groups in total. The first-order valence-corrected chi connectivity index (χ1v) is 6.49. The Morgan fingerprint density at radius 3 is 2.50 bits per heavy atom. The van der Waals surface area contributed by atoms with Crippen LogP contribution in [-0.4, -0.2) is 17.2 Å². The standard InChI is InChI=1S/C12H13BrClFO3/c1-5(2)18-11-7(6(3)12(16)17)4-8(14)10(15)9(11)13/h4-6H,1-3H3,(H,16,17). The molecule has 0 amide bonds. The zero-order valence-corrected chi connectivity index (χ0v) is 12.5. The number of ether oxygens (including phenoxy) is 1. The molecule has 0 fully saturated rings. The van der Waals surface area contributed by atoms with E-state index in [1.54, 1.807) is 13.8 Å². The Morgan fingerprint density at radius 2 is 2.06 bits per heavy atom. The summed E-state index contributed by atoms with van der Waals surface area (Å²) >= 11 is 8.77. The molecule has 0 aromatic heterocycles. The summed E-state index contributed by atoms with van der Waals surface area (Å²) in [6.45, 7) is 5.04. The summed E-state index contributed by atoms with van der Waals surface area (Å²) in [5.41, 5.74) is 0.342. The van der Waals surface area contributed by atoms with Crippen LogP contribution in [0.5, 0.6) is 5.75 Å². The lowest BCUT2D eigenvalue weighted by Crippen LogP contribution is -2.14. The van der Waals surface area contributed by atoms with Crippen LogP contribution in [-0.2, 0) is 4.79 Å². The average Bonchev–Trinajstić information content (AvgIpc) is 2.28. The molecule has 1 unspecified atom stereocenters. The van der Waals surface area contributed by atoms with Gasteiger partial charge in [-0.3, -0.25) is 4.79 Å². The van der Waals surface area contributed by atoms with Gasteiger partial charge >= 0.3 is 5.97 Å². The molecule has 0 saturated carbocycles. The summed E-state index contributed by atoms with van der Waals surface area (Å²) in [6, 6.07) is 1.29. The van der Waals surface area contributed by atoms with E-state index in [0.29, 0.717) is 5.56 Å². The van der Waals surface area contributed by atoms with Gasteiger partial charge in [0.2, 0.25) is 0 Å². The van der Waals surface area contributed by atoms with Crippen LogP contribution in [0.1, 0.15) is 32.3 Å². The highest BCUT2D eigenvalue weighted by molar-refractivity contribution is 9.10. The highest BCUT2D eigenvalue weighted by atomic mass is 79.9. The predicted molar refractivity (Wildman–Crippen MR) is 70.9 cm³/mol. The zero-order chi connectivity index (χ0) is 14.0. The van der Waals surface area contributed by atoms with Crippen LogP contribution in [0.3, 0.4) is 0 Å². The minimum atomic E-state index is -1.03. The fourth-order valence-electron chi connectivity index (χ4n) is 1.41. The van der Waals surface area contributed by atoms with Gasteiger partial charge in [0.15, 0.2) is 5.82 Å². The third kappa shape index (κ3) is 3.14. The second-order valence-corrected chi connectivity index (χ2v) is 5.33. The minimum absolute atomic E-state index is 0.0480. The minimum Gasteiger partial charge on any atom is -0.489 e. The lowest BCUT2D eigenvalue weighted by atomic mass is 10.00. The van der Waals surface area contributed by atoms with Crippen molar-refractivity contribution in [2.45, 2.75) is 32.8 Å². The Hall–Kier alpha value is -0.810. The maximum Gasteiger partial charge on any atom is 0.310 e. The second-order valence-electron chi connectivity index (χ2n) is 4.13. The molecule has 1 aromatic carbocycles. The number of hydrogen-bond donors (Lipinski definition) is 1. The molecule has 1 atom stereocenters. The van der Waals surface area contributed by atoms with Crippen molar-refractivity contribution in [1.82, 2.24) is 0 Å². The Labute approximate surface area is 118 Å². The number of benzene rings is 1. The van der Waals surface area contributed by atoms with E-state index in [-0.39, 0.29) is 21.3 Å². The molecule has 1 rings (SSSR count). The van der Waals surface area contributed by atoms with E-state index in [1.165, 1.54) is 13.0 Å². The van der Waals surface area contributed by atoms with Crippen molar-refractivity contribution in [3.63, 3.8) is 0 Å². The number of carboxylic acids is 1. The maximum atomic E-state index is 13.7. The van der Waals surface area contributed by atoms with Crippen LogP contribution in [0.4, 0.5) is 4.39 Å². The van der Waals surface area contributed by atoms with Crippen LogP contribution >= 0.6 is 27.5 Å². The van der Waals surface area contributed by atoms with Crippen molar-refractivity contribution in [1.29, 1.82) is 0 Å². The van der Waals surface area contributed by atoms with E-state index in [0.717, 1.165) is 0 Å². The Bertz CT molecular complexity index is 477. The Balaban J connectivity index is 3.43. The third-order valence-corrected chi connectivity index (χ3v) is 3.32. The van der Waals surface area contributed by atoms with Gasteiger partial charge in [0.25, 0.3) is 0 Å². The molecule has 1 aromatic rings. The van der Waals surface area contributed by atoms with E-state index in [4.69, 9.17) is 21.4 Å². The van der Waals surface area contributed by atoms with Gasteiger partial charge in [-0.15, -0.1) is 0 Å². The van der Waals surface area contributed by atoms with Crippen LogP contribution in [0.2, 0.25) is 5.02 Å². The van der Waals surface area contributed by atoms with E-state index < -0.39 is 17.7 Å². The Morgan fingerprint density at radius 1 is 1.50 bits per heavy atom. The summed E-state index contributed by atoms with van der Waals surface area (Å²) in [5, 5.41) is 8.90. The molecule has 3 nitrogen and oxygen atoms in total. The molecule has 0 saturated heterocycles. The van der Waals surface area contributed by atoms with Gasteiger partial charge < -0.3 is 9.84 Å². The maximum absolute atomic E-state index is 13.7. The number of rotatable bonds is 4. The normalized spacial score (nSPS) is 12.6. The molecule has 0 radical (unpaired) electrons. The highest BCUT2D eigenvalue weighted by Gasteiger charge is 2.25. The van der Waals surface area contributed by atoms with E-state index in [9.17, 15) is 9.18 Å². The summed E-state index contributed by atoms with van der Waals surface area (Å²) in [5.74, 6) is -2.35. The second kappa shape index (κ2) is 5.89. The monoisotopic (exact) mass is 338 g/mol. The van der Waals surface area contributed by atoms with Crippen molar-refractivity contribution >= 4 is 33.5 Å². The lowest BCUT2D eigenvalue weighted by Gasteiger charge is -2.19. The van der Waals surface area contributed by atoms with Gasteiger partial charge in [0, 0.05) is 5.56 Å². The SMILES string of the molecule is CC(C)Oc1c(C(C)C(=O)O)cc(Cl)c(F)c1Br. The topological polar surface area (TPSA) is 46.5 Å². The van der Waals surface area contributed by atoms with Crippen LogP contribution in [0, 0.1) is 5.82 Å². The van der Waals surface area contributed by atoms with Crippen molar-refractivity contribution in [3.05, 3.63) is 26.9 Å². The third-order valence-electron chi connectivity index (χ3n) is 2.34. The molecular weight excluding hydrogens is 326 g/mol. The van der Waals surface area contributed by atoms with Gasteiger partial charge in [0.05, 0.1) is 21.5 Å². The van der Waals surface area contributed by atoms with Crippen LogP contribution in [0.25, 0.3) is 0 Å². The molecule has 0 bridgehead atoms. The molecule has 0 aliphatic heterocycles. The molecule has 18 heavy (non-hydrogen) atoms. The molecular formula is C12H13BrClFO3. The van der Waals surface area contributed by atoms with Crippen LogP contribution < -0.4 is 4.74 Å².